The van der Waals surface area contributed by atoms with Gasteiger partial charge in [0.1, 0.15) is 48.8 Å². The Labute approximate surface area is 435 Å². The highest BCUT2D eigenvalue weighted by atomic mass is 32.2. The Balaban J connectivity index is 0.00000238. The fraction of sp³-hybridized carbons (Fsp3) is 0. The number of benzene rings is 7. The lowest BCUT2D eigenvalue weighted by atomic mass is 10.1. The monoisotopic (exact) mass is 1170 g/mol. The number of nitro groups is 1. The van der Waals surface area contributed by atoms with E-state index in [2.05, 4.69) is 40.9 Å². The molecule has 404 valence electrons. The van der Waals surface area contributed by atoms with Gasteiger partial charge < -0.3 is 25.8 Å². The van der Waals surface area contributed by atoms with Gasteiger partial charge in [-0.2, -0.15) is 43.9 Å². The van der Waals surface area contributed by atoms with Crippen molar-refractivity contribution < 1.29 is 99.1 Å². The summed E-state index contributed by atoms with van der Waals surface area (Å²) in [4.78, 5) is 29.5. The summed E-state index contributed by atoms with van der Waals surface area (Å²) in [5, 5.41) is 71.2. The van der Waals surface area contributed by atoms with Gasteiger partial charge in [-0.15, -0.1) is 43.3 Å². The number of non-ortho nitro benzene ring substituents is 1. The summed E-state index contributed by atoms with van der Waals surface area (Å²) >= 11 is 0. The lowest BCUT2D eigenvalue weighted by molar-refractivity contribution is -0.384. The van der Waals surface area contributed by atoms with Crippen molar-refractivity contribution in [1.29, 1.82) is 0 Å². The van der Waals surface area contributed by atoms with Crippen molar-refractivity contribution in [2.75, 3.05) is 5.73 Å². The minimum Gasteiger partial charge on any atom is -0.505 e. The lowest BCUT2D eigenvalue weighted by Gasteiger charge is -2.13. The number of phenols is 2. The van der Waals surface area contributed by atoms with E-state index in [9.17, 15) is 82.4 Å². The molecule has 0 amide bonds. The molecule has 0 radical (unpaired) electrons. The highest BCUT2D eigenvalue weighted by Crippen LogP contribution is 2.48. The third kappa shape index (κ3) is 13.1. The molecule has 0 atom stereocenters. The van der Waals surface area contributed by atoms with Gasteiger partial charge in [-0.3, -0.25) is 33.1 Å². The number of nitrogens with two attached hydrogens (primary N) is 1. The molecule has 0 aromatic heterocycles. The lowest BCUT2D eigenvalue weighted by Crippen LogP contribution is -2.03. The number of aromatic hydroxyl groups is 2. The van der Waals surface area contributed by atoms with E-state index in [-0.39, 0.29) is 23.5 Å². The highest BCUT2D eigenvalue weighted by molar-refractivity contribution is 7.87. The molecule has 0 aliphatic carbocycles. The zero-order valence-corrected chi connectivity index (χ0v) is 41.7. The van der Waals surface area contributed by atoms with Gasteiger partial charge in [-0.05, 0) is 72.8 Å². The van der Waals surface area contributed by atoms with Gasteiger partial charge >= 0.3 is 16.6 Å². The van der Waals surface area contributed by atoms with E-state index in [1.807, 2.05) is 0 Å². The molecule has 7 aromatic rings. The van der Waals surface area contributed by atoms with Crippen LogP contribution in [-0.4, -0.2) is 97.2 Å². The van der Waals surface area contributed by atoms with Crippen molar-refractivity contribution in [2.24, 2.45) is 40.9 Å². The number of azo groups is 4. The second kappa shape index (κ2) is 22.4. The fourth-order valence-corrected chi connectivity index (χ4v) is 9.33. The number of nitrogen functional groups attached to an aromatic ring is 1. The predicted octanol–water partition coefficient (Wildman–Crippen LogP) is 7.77. The molecule has 0 aliphatic rings. The Hall–Kier alpha value is -9.54. The minimum atomic E-state index is -5.59. The molecule has 0 saturated carbocycles. The van der Waals surface area contributed by atoms with Gasteiger partial charge in [0.15, 0.2) is 17.2 Å². The van der Waals surface area contributed by atoms with Crippen LogP contribution >= 0.6 is 0 Å². The number of rotatable bonds is 16. The van der Waals surface area contributed by atoms with Crippen LogP contribution < -0.4 is 10.5 Å². The fourth-order valence-electron chi connectivity index (χ4n) is 6.68. The maximum Gasteiger partial charge on any atom is 0.425 e. The average molecular weight is 1180 g/mol. The number of carbonyl (C=O) groups excluding carboxylic acids is 1. The maximum atomic E-state index is 13.0. The molecule has 0 fully saturated rings. The molecule has 9 N–H and O–H groups in total. The van der Waals surface area contributed by atoms with Crippen molar-refractivity contribution in [3.05, 3.63) is 113 Å². The van der Waals surface area contributed by atoms with Crippen molar-refractivity contribution in [2.45, 2.75) is 19.6 Å². The smallest absolute Gasteiger partial charge is 0.425 e. The average Bonchev–Trinajstić information content (AvgIpc) is 3.39. The molecule has 0 heterocycles. The molecule has 38 heteroatoms. The normalized spacial score (nSPS) is 12.4. The number of carboxylic acid groups (broad SMARTS) is 1. The Kier molecular flexibility index (Phi) is 16.5. The molecule has 0 saturated heterocycles. The van der Waals surface area contributed by atoms with Crippen LogP contribution in [0.2, 0.25) is 0 Å². The standard InChI is InChI=1S/C40H26N10O20S4.O3S/c41-35-30(16-32(72(61,62)63)23-8-11-28(38(53)34(23)35)46-44-26-10-4-20(50(56)57)14-25(26)40(54)55)48-47-29-12-7-22-24(39(29)74(67,68)69)15-33(73(64,65)66)36(37(22)52)49-45-27-9-3-19(13-31(27)70-17-51)43-42-18-1-5-21(6-2-18)71(58,59)60;1-4(2)3/h1-17,52-53H,41H2,(H,54,55)(H,58,59,60)(H,61,62,63)(H,64,65,66)(H,67,68,69);. The zero-order valence-electron chi connectivity index (χ0n) is 37.6. The largest absolute Gasteiger partial charge is 0.505 e. The zero-order chi connectivity index (χ0) is 57.8. The molecule has 78 heavy (non-hydrogen) atoms. The number of fused-ring (bicyclic) bond motifs is 2. The molecule has 0 aliphatic heterocycles. The number of carboxylic acids is 1. The Morgan fingerprint density at radius 2 is 1.10 bits per heavy atom. The van der Waals surface area contributed by atoms with Gasteiger partial charge in [0, 0.05) is 34.4 Å². The molecule has 0 unspecified atom stereocenters. The van der Waals surface area contributed by atoms with E-state index >= 15 is 0 Å². The van der Waals surface area contributed by atoms with Gasteiger partial charge in [-0.25, -0.2) is 4.79 Å². The van der Waals surface area contributed by atoms with E-state index in [1.54, 1.807) is 0 Å². The number of phenolic OH excluding ortho intramolecular Hbond substituents is 2. The molecule has 0 bridgehead atoms. The number of hydrogen-bond donors (Lipinski definition) is 8. The topological polar surface area (TPSA) is 541 Å². The van der Waals surface area contributed by atoms with Crippen LogP contribution in [0, 0.1) is 10.1 Å². The molecule has 7 aromatic carbocycles. The molecule has 7 rings (SSSR count). The number of aromatic carboxylic acids is 1. The van der Waals surface area contributed by atoms with E-state index in [0.717, 1.165) is 60.7 Å². The third-order valence-electron chi connectivity index (χ3n) is 9.96. The third-order valence-corrected chi connectivity index (χ3v) is 13.5. The number of carbonyl (C=O) groups is 2. The number of nitrogens with zero attached hydrogens (tertiary/aromatic N) is 9. The summed E-state index contributed by atoms with van der Waals surface area (Å²) in [5.41, 5.74) is 0.499. The highest BCUT2D eigenvalue weighted by Gasteiger charge is 2.29. The second-order valence-electron chi connectivity index (χ2n) is 14.8. The molecular formula is C40H26N10O23S5. The summed E-state index contributed by atoms with van der Waals surface area (Å²) < 4.78 is 170. The maximum absolute atomic E-state index is 13.0. The summed E-state index contributed by atoms with van der Waals surface area (Å²) in [5.74, 6) is -4.20. The summed E-state index contributed by atoms with van der Waals surface area (Å²) in [6.07, 6.45) is 0. The molecular weight excluding hydrogens is 1150 g/mol. The number of nitro benzene ring substituents is 1. The minimum absolute atomic E-state index is 0.00740. The van der Waals surface area contributed by atoms with Gasteiger partial charge in [0.2, 0.25) is 0 Å². The van der Waals surface area contributed by atoms with E-state index < -0.39 is 166 Å². The van der Waals surface area contributed by atoms with Gasteiger partial charge in [-0.1, -0.05) is 6.07 Å². The molecule has 33 nitrogen and oxygen atoms in total. The first-order valence-electron chi connectivity index (χ1n) is 19.9. The van der Waals surface area contributed by atoms with Crippen LogP contribution in [0.4, 0.5) is 56.9 Å². The summed E-state index contributed by atoms with van der Waals surface area (Å²) in [6, 6.07) is 15.2. The summed E-state index contributed by atoms with van der Waals surface area (Å²) in [6.45, 7) is -0.0455. The number of anilines is 1. The van der Waals surface area contributed by atoms with Gasteiger partial charge in [0.25, 0.3) is 52.6 Å². The van der Waals surface area contributed by atoms with Crippen LogP contribution in [0.3, 0.4) is 0 Å². The van der Waals surface area contributed by atoms with Crippen LogP contribution in [0.15, 0.2) is 158 Å². The Morgan fingerprint density at radius 1 is 0.577 bits per heavy atom. The van der Waals surface area contributed by atoms with Crippen molar-refractivity contribution in [1.82, 2.24) is 0 Å². The van der Waals surface area contributed by atoms with E-state index in [4.69, 9.17) is 27.6 Å². The SMILES string of the molecule is Nc1c(N=Nc2ccc3c(O)c(N=Nc4ccc(N=Nc5ccc(S(=O)(=O)O)cc5)cc4OC=O)c(S(=O)(=O)O)cc3c2S(=O)(=O)O)cc(S(=O)(=O)O)c2ccc(N=Nc3ccc([N+](=O)[O-])cc3C(=O)O)c(O)c12.O=S(=O)=O. The van der Waals surface area contributed by atoms with E-state index in [0.29, 0.717) is 18.2 Å². The van der Waals surface area contributed by atoms with Crippen LogP contribution in [0.25, 0.3) is 21.5 Å². The van der Waals surface area contributed by atoms with Crippen molar-refractivity contribution in [3.8, 4) is 17.2 Å². The van der Waals surface area contributed by atoms with Crippen molar-refractivity contribution >= 4 is 142 Å². The first kappa shape index (κ1) is 57.7. The van der Waals surface area contributed by atoms with Gasteiger partial charge in [0.05, 0.1) is 37.8 Å². The van der Waals surface area contributed by atoms with Crippen molar-refractivity contribution in [3.63, 3.8) is 0 Å². The quantitative estimate of drug-likeness (QED) is 0.0114. The van der Waals surface area contributed by atoms with Crippen LogP contribution in [0.5, 0.6) is 17.2 Å². The van der Waals surface area contributed by atoms with E-state index in [1.165, 1.54) is 18.2 Å². The Morgan fingerprint density at radius 3 is 1.68 bits per heavy atom. The number of hydrogen-bond acceptors (Lipinski definition) is 27. The first-order valence-corrected chi connectivity index (χ1v) is 26.7. The first-order chi connectivity index (χ1) is 36.3. The Bertz CT molecular complexity index is 4420. The van der Waals surface area contributed by atoms with Crippen LogP contribution in [0.1, 0.15) is 10.4 Å². The predicted molar refractivity (Wildman–Crippen MR) is 261 cm³/mol. The second-order valence-corrected chi connectivity index (χ2v) is 20.7. The number of ether oxygens (including phenoxy) is 1. The summed E-state index contributed by atoms with van der Waals surface area (Å²) in [7, 11) is -24.0. The molecule has 0 spiro atoms. The van der Waals surface area contributed by atoms with Crippen LogP contribution in [-0.2, 0) is 55.9 Å².